The van der Waals surface area contributed by atoms with Gasteiger partial charge in [-0.1, -0.05) is 37.3 Å². The topological polar surface area (TPSA) is 35.5 Å². The van der Waals surface area contributed by atoms with Gasteiger partial charge in [-0.05, 0) is 30.7 Å². The van der Waals surface area contributed by atoms with Crippen LogP contribution in [-0.4, -0.2) is 19.0 Å². The van der Waals surface area contributed by atoms with E-state index in [2.05, 4.69) is 0 Å². The molecule has 0 spiro atoms. The molecule has 0 N–H and O–H groups in total. The summed E-state index contributed by atoms with van der Waals surface area (Å²) in [6.07, 6.45) is 0.158. The van der Waals surface area contributed by atoms with Crippen molar-refractivity contribution in [2.75, 3.05) is 7.11 Å². The number of hydrogen-bond acceptors (Lipinski definition) is 3. The molecule has 0 saturated heterocycles. The van der Waals surface area contributed by atoms with Crippen LogP contribution in [0.5, 0.6) is 11.5 Å². The van der Waals surface area contributed by atoms with E-state index in [1.54, 1.807) is 19.2 Å². The van der Waals surface area contributed by atoms with Gasteiger partial charge in [0.25, 0.3) is 0 Å². The number of ketones is 1. The van der Waals surface area contributed by atoms with Crippen LogP contribution in [-0.2, 0) is 0 Å². The number of rotatable bonds is 6. The van der Waals surface area contributed by atoms with Gasteiger partial charge < -0.3 is 9.47 Å². The first-order valence-corrected chi connectivity index (χ1v) is 6.64. The zero-order chi connectivity index (χ0) is 14.4. The van der Waals surface area contributed by atoms with Crippen LogP contribution >= 0.6 is 0 Å². The summed E-state index contributed by atoms with van der Waals surface area (Å²) in [7, 11) is 1.61. The highest BCUT2D eigenvalue weighted by molar-refractivity contribution is 5.99. The second-order valence-electron chi connectivity index (χ2n) is 4.42. The molecular weight excluding hydrogens is 252 g/mol. The SMILES string of the molecule is CCC(Oc1ccc(OC)cc1)C(=O)c1ccccc1. The molecule has 0 aromatic heterocycles. The van der Waals surface area contributed by atoms with Gasteiger partial charge in [0.1, 0.15) is 11.5 Å². The lowest BCUT2D eigenvalue weighted by atomic mass is 10.0. The summed E-state index contributed by atoms with van der Waals surface area (Å²) >= 11 is 0. The monoisotopic (exact) mass is 270 g/mol. The van der Waals surface area contributed by atoms with Crippen molar-refractivity contribution >= 4 is 5.78 Å². The highest BCUT2D eigenvalue weighted by atomic mass is 16.5. The fraction of sp³-hybridized carbons (Fsp3) is 0.235. The van der Waals surface area contributed by atoms with Gasteiger partial charge in [0.05, 0.1) is 7.11 Å². The molecule has 0 radical (unpaired) electrons. The van der Waals surface area contributed by atoms with Gasteiger partial charge in [0.15, 0.2) is 6.10 Å². The van der Waals surface area contributed by atoms with Crippen LogP contribution < -0.4 is 9.47 Å². The maximum atomic E-state index is 12.4. The largest absolute Gasteiger partial charge is 0.497 e. The van der Waals surface area contributed by atoms with E-state index in [4.69, 9.17) is 9.47 Å². The lowest BCUT2D eigenvalue weighted by molar-refractivity contribution is 0.0786. The van der Waals surface area contributed by atoms with Crippen LogP contribution in [0.3, 0.4) is 0 Å². The highest BCUT2D eigenvalue weighted by Crippen LogP contribution is 2.20. The minimum Gasteiger partial charge on any atom is -0.497 e. The average Bonchev–Trinajstić information content (AvgIpc) is 2.53. The van der Waals surface area contributed by atoms with Gasteiger partial charge in [-0.25, -0.2) is 0 Å². The summed E-state index contributed by atoms with van der Waals surface area (Å²) < 4.78 is 10.9. The van der Waals surface area contributed by atoms with Crippen molar-refractivity contribution in [2.45, 2.75) is 19.4 Å². The molecule has 0 bridgehead atoms. The third kappa shape index (κ3) is 3.38. The Labute approximate surface area is 119 Å². The number of ether oxygens (including phenoxy) is 2. The van der Waals surface area contributed by atoms with Crippen LogP contribution in [0, 0.1) is 0 Å². The Bertz CT molecular complexity index is 546. The number of benzene rings is 2. The van der Waals surface area contributed by atoms with E-state index in [1.807, 2.05) is 49.4 Å². The van der Waals surface area contributed by atoms with E-state index in [0.29, 0.717) is 17.7 Å². The van der Waals surface area contributed by atoms with E-state index in [9.17, 15) is 4.79 Å². The molecule has 0 aliphatic carbocycles. The molecular formula is C17H18O3. The molecule has 0 saturated carbocycles. The first-order valence-electron chi connectivity index (χ1n) is 6.64. The normalized spacial score (nSPS) is 11.7. The van der Waals surface area contributed by atoms with Crippen molar-refractivity contribution in [3.05, 3.63) is 60.2 Å². The van der Waals surface area contributed by atoms with Gasteiger partial charge >= 0.3 is 0 Å². The molecule has 2 aromatic carbocycles. The first kappa shape index (κ1) is 14.1. The second kappa shape index (κ2) is 6.75. The molecule has 1 atom stereocenters. The zero-order valence-corrected chi connectivity index (χ0v) is 11.7. The van der Waals surface area contributed by atoms with Crippen molar-refractivity contribution in [3.63, 3.8) is 0 Å². The number of carbonyl (C=O) groups is 1. The number of hydrogen-bond donors (Lipinski definition) is 0. The van der Waals surface area contributed by atoms with Crippen molar-refractivity contribution in [1.82, 2.24) is 0 Å². The van der Waals surface area contributed by atoms with Gasteiger partial charge in [-0.15, -0.1) is 0 Å². The maximum Gasteiger partial charge on any atom is 0.203 e. The first-order chi connectivity index (χ1) is 9.74. The summed E-state index contributed by atoms with van der Waals surface area (Å²) in [4.78, 5) is 12.4. The number of Topliss-reactive ketones (excluding diaryl/α,β-unsaturated/α-hetero) is 1. The van der Waals surface area contributed by atoms with Crippen molar-refractivity contribution in [3.8, 4) is 11.5 Å². The van der Waals surface area contributed by atoms with Gasteiger partial charge in [-0.3, -0.25) is 4.79 Å². The molecule has 0 heterocycles. The minimum atomic E-state index is -0.467. The minimum absolute atomic E-state index is 0.00363. The molecule has 20 heavy (non-hydrogen) atoms. The summed E-state index contributed by atoms with van der Waals surface area (Å²) in [5.74, 6) is 1.44. The molecule has 1 unspecified atom stereocenters. The Morgan fingerprint density at radius 1 is 1.00 bits per heavy atom. The zero-order valence-electron chi connectivity index (χ0n) is 11.7. The Balaban J connectivity index is 2.10. The van der Waals surface area contributed by atoms with Crippen molar-refractivity contribution in [1.29, 1.82) is 0 Å². The fourth-order valence-electron chi connectivity index (χ4n) is 1.93. The van der Waals surface area contributed by atoms with Gasteiger partial charge in [0, 0.05) is 5.56 Å². The maximum absolute atomic E-state index is 12.4. The number of carbonyl (C=O) groups excluding carboxylic acids is 1. The van der Waals surface area contributed by atoms with E-state index in [0.717, 1.165) is 5.75 Å². The molecule has 2 rings (SSSR count). The molecule has 3 heteroatoms. The van der Waals surface area contributed by atoms with Crippen LogP contribution in [0.4, 0.5) is 0 Å². The molecule has 104 valence electrons. The second-order valence-corrected chi connectivity index (χ2v) is 4.42. The average molecular weight is 270 g/mol. The summed E-state index contributed by atoms with van der Waals surface area (Å²) in [6.45, 7) is 1.94. The molecule has 2 aromatic rings. The fourth-order valence-corrected chi connectivity index (χ4v) is 1.93. The van der Waals surface area contributed by atoms with Crippen LogP contribution in [0.1, 0.15) is 23.7 Å². The molecule has 0 amide bonds. The van der Waals surface area contributed by atoms with E-state index in [-0.39, 0.29) is 5.78 Å². The third-order valence-electron chi connectivity index (χ3n) is 3.06. The van der Waals surface area contributed by atoms with Crippen molar-refractivity contribution < 1.29 is 14.3 Å². The Morgan fingerprint density at radius 3 is 2.15 bits per heavy atom. The Hall–Kier alpha value is -2.29. The smallest absolute Gasteiger partial charge is 0.203 e. The van der Waals surface area contributed by atoms with E-state index in [1.165, 1.54) is 0 Å². The summed E-state index contributed by atoms with van der Waals surface area (Å²) in [6, 6.07) is 16.5. The van der Waals surface area contributed by atoms with E-state index < -0.39 is 6.10 Å². The lowest BCUT2D eigenvalue weighted by Gasteiger charge is -2.16. The van der Waals surface area contributed by atoms with E-state index >= 15 is 0 Å². The quantitative estimate of drug-likeness (QED) is 0.750. The van der Waals surface area contributed by atoms with Gasteiger partial charge in [-0.2, -0.15) is 0 Å². The van der Waals surface area contributed by atoms with Crippen molar-refractivity contribution in [2.24, 2.45) is 0 Å². The predicted octanol–water partition coefficient (Wildman–Crippen LogP) is 3.74. The molecule has 0 aliphatic rings. The molecule has 0 aliphatic heterocycles. The van der Waals surface area contributed by atoms with Gasteiger partial charge in [0.2, 0.25) is 5.78 Å². The standard InChI is InChI=1S/C17H18O3/c1-3-16(17(18)13-7-5-4-6-8-13)20-15-11-9-14(19-2)10-12-15/h4-12,16H,3H2,1-2H3. The van der Waals surface area contributed by atoms with Crippen LogP contribution in [0.2, 0.25) is 0 Å². The third-order valence-corrected chi connectivity index (χ3v) is 3.06. The number of methoxy groups -OCH3 is 1. The predicted molar refractivity (Wildman–Crippen MR) is 78.5 cm³/mol. The van der Waals surface area contributed by atoms with Crippen LogP contribution in [0.15, 0.2) is 54.6 Å². The lowest BCUT2D eigenvalue weighted by Crippen LogP contribution is -2.26. The highest BCUT2D eigenvalue weighted by Gasteiger charge is 2.19. The summed E-state index contributed by atoms with van der Waals surface area (Å²) in [5.41, 5.74) is 0.674. The Morgan fingerprint density at radius 2 is 1.60 bits per heavy atom. The molecule has 0 fully saturated rings. The summed E-state index contributed by atoms with van der Waals surface area (Å²) in [5, 5.41) is 0. The molecule has 3 nitrogen and oxygen atoms in total. The Kier molecular flexibility index (Phi) is 4.77. The van der Waals surface area contributed by atoms with Crippen LogP contribution in [0.25, 0.3) is 0 Å².